The van der Waals surface area contributed by atoms with Gasteiger partial charge in [-0.05, 0) is 19.2 Å². The van der Waals surface area contributed by atoms with Gasteiger partial charge in [0.25, 0.3) is 5.69 Å². The lowest BCUT2D eigenvalue weighted by Gasteiger charge is -1.94. The number of benzene rings is 1. The van der Waals surface area contributed by atoms with E-state index < -0.39 is 4.92 Å². The third kappa shape index (κ3) is 2.88. The second-order valence-electron chi connectivity index (χ2n) is 3.66. The van der Waals surface area contributed by atoms with Crippen molar-refractivity contribution in [3.05, 3.63) is 39.4 Å². The van der Waals surface area contributed by atoms with E-state index in [1.807, 2.05) is 7.05 Å². The molecule has 0 aliphatic rings. The maximum absolute atomic E-state index is 10.5. The number of nitrogens with zero attached hydrogens (tertiary/aromatic N) is 3. The van der Waals surface area contributed by atoms with Crippen LogP contribution in [0.1, 0.15) is 5.01 Å². The van der Waals surface area contributed by atoms with Crippen LogP contribution >= 0.6 is 11.3 Å². The maximum Gasteiger partial charge on any atom is 0.269 e. The Morgan fingerprint density at radius 3 is 2.67 bits per heavy atom. The fourth-order valence-electron chi connectivity index (χ4n) is 1.43. The van der Waals surface area contributed by atoms with E-state index in [9.17, 15) is 10.1 Å². The van der Waals surface area contributed by atoms with E-state index in [1.165, 1.54) is 23.5 Å². The van der Waals surface area contributed by atoms with Gasteiger partial charge in [0, 0.05) is 30.7 Å². The van der Waals surface area contributed by atoms with Gasteiger partial charge in [-0.15, -0.1) is 10.2 Å². The smallest absolute Gasteiger partial charge is 0.269 e. The first-order valence-electron chi connectivity index (χ1n) is 5.42. The van der Waals surface area contributed by atoms with Gasteiger partial charge in [0.2, 0.25) is 0 Å². The highest BCUT2D eigenvalue weighted by Crippen LogP contribution is 2.25. The van der Waals surface area contributed by atoms with Gasteiger partial charge in [0.05, 0.1) is 4.92 Å². The molecular formula is C11H12N4O2S. The van der Waals surface area contributed by atoms with E-state index in [0.29, 0.717) is 0 Å². The lowest BCUT2D eigenvalue weighted by Crippen LogP contribution is -2.09. The highest BCUT2D eigenvalue weighted by Gasteiger charge is 2.09. The van der Waals surface area contributed by atoms with Crippen molar-refractivity contribution in [3.63, 3.8) is 0 Å². The van der Waals surface area contributed by atoms with Crippen molar-refractivity contribution in [2.75, 3.05) is 13.6 Å². The van der Waals surface area contributed by atoms with Crippen LogP contribution in [0.4, 0.5) is 5.69 Å². The zero-order chi connectivity index (χ0) is 13.0. The van der Waals surface area contributed by atoms with Crippen molar-refractivity contribution in [2.45, 2.75) is 6.42 Å². The summed E-state index contributed by atoms with van der Waals surface area (Å²) in [5, 5.41) is 23.5. The zero-order valence-electron chi connectivity index (χ0n) is 9.79. The number of rotatable bonds is 5. The summed E-state index contributed by atoms with van der Waals surface area (Å²) in [7, 11) is 1.89. The van der Waals surface area contributed by atoms with Gasteiger partial charge in [-0.2, -0.15) is 0 Å². The van der Waals surface area contributed by atoms with Gasteiger partial charge in [-0.3, -0.25) is 10.1 Å². The van der Waals surface area contributed by atoms with Gasteiger partial charge in [-0.1, -0.05) is 11.3 Å². The quantitative estimate of drug-likeness (QED) is 0.658. The molecule has 6 nitrogen and oxygen atoms in total. The standard InChI is InChI=1S/C11H12N4O2S/c1-12-7-6-10-13-14-11(18-10)8-2-4-9(5-3-8)15(16)17/h2-5,12H,6-7H2,1H3. The molecule has 0 saturated carbocycles. The number of aromatic nitrogens is 2. The van der Waals surface area contributed by atoms with E-state index in [-0.39, 0.29) is 5.69 Å². The SMILES string of the molecule is CNCCc1nnc(-c2ccc([N+](=O)[O-])cc2)s1. The molecule has 18 heavy (non-hydrogen) atoms. The molecule has 1 aromatic heterocycles. The molecule has 0 fully saturated rings. The average Bonchev–Trinajstić information content (AvgIpc) is 2.85. The van der Waals surface area contributed by atoms with Crippen molar-refractivity contribution < 1.29 is 4.92 Å². The first-order chi connectivity index (χ1) is 8.70. The van der Waals surface area contributed by atoms with Gasteiger partial charge in [-0.25, -0.2) is 0 Å². The number of hydrogen-bond donors (Lipinski definition) is 1. The minimum atomic E-state index is -0.414. The van der Waals surface area contributed by atoms with E-state index in [1.54, 1.807) is 12.1 Å². The summed E-state index contributed by atoms with van der Waals surface area (Å²) in [6, 6.07) is 6.34. The third-order valence-electron chi connectivity index (χ3n) is 2.38. The molecule has 0 radical (unpaired) electrons. The molecule has 0 saturated heterocycles. The molecule has 2 rings (SSSR count). The first kappa shape index (κ1) is 12.6. The molecule has 0 unspecified atom stereocenters. The van der Waals surface area contributed by atoms with Gasteiger partial charge in [0.15, 0.2) is 0 Å². The molecule has 0 spiro atoms. The Bertz CT molecular complexity index is 538. The number of non-ortho nitro benzene ring substituents is 1. The summed E-state index contributed by atoms with van der Waals surface area (Å²) in [6.07, 6.45) is 0.834. The van der Waals surface area contributed by atoms with Crippen LogP contribution in [0.5, 0.6) is 0 Å². The van der Waals surface area contributed by atoms with E-state index in [0.717, 1.165) is 28.5 Å². The molecule has 1 aromatic carbocycles. The lowest BCUT2D eigenvalue weighted by atomic mass is 10.2. The number of likely N-dealkylation sites (N-methyl/N-ethyl adjacent to an activating group) is 1. The van der Waals surface area contributed by atoms with E-state index in [2.05, 4.69) is 15.5 Å². The molecule has 0 aliphatic carbocycles. The Balaban J connectivity index is 2.15. The fraction of sp³-hybridized carbons (Fsp3) is 0.273. The van der Waals surface area contributed by atoms with Crippen LogP contribution in [0.3, 0.4) is 0 Å². The summed E-state index contributed by atoms with van der Waals surface area (Å²) >= 11 is 1.51. The van der Waals surface area contributed by atoms with Gasteiger partial charge >= 0.3 is 0 Å². The molecular weight excluding hydrogens is 252 g/mol. The molecule has 1 heterocycles. The first-order valence-corrected chi connectivity index (χ1v) is 6.24. The van der Waals surface area contributed by atoms with Gasteiger partial charge in [0.1, 0.15) is 10.0 Å². The fourth-order valence-corrected chi connectivity index (χ4v) is 2.27. The Labute approximate surface area is 108 Å². The van der Waals surface area contributed by atoms with Crippen LogP contribution in [0.2, 0.25) is 0 Å². The van der Waals surface area contributed by atoms with E-state index in [4.69, 9.17) is 0 Å². The number of nitro benzene ring substituents is 1. The Morgan fingerprint density at radius 1 is 1.33 bits per heavy atom. The monoisotopic (exact) mass is 264 g/mol. The van der Waals surface area contributed by atoms with Crippen molar-refractivity contribution in [1.29, 1.82) is 0 Å². The Hall–Kier alpha value is -1.86. The summed E-state index contributed by atoms with van der Waals surface area (Å²) < 4.78 is 0. The molecule has 0 aliphatic heterocycles. The van der Waals surface area contributed by atoms with Crippen LogP contribution in [0, 0.1) is 10.1 Å². The van der Waals surface area contributed by atoms with Crippen LogP contribution in [0.25, 0.3) is 10.6 Å². The summed E-state index contributed by atoms with van der Waals surface area (Å²) in [5.74, 6) is 0. The average molecular weight is 264 g/mol. The number of nitro groups is 1. The minimum absolute atomic E-state index is 0.0821. The predicted molar refractivity (Wildman–Crippen MR) is 69.6 cm³/mol. The molecule has 7 heteroatoms. The molecule has 94 valence electrons. The topological polar surface area (TPSA) is 81.0 Å². The van der Waals surface area contributed by atoms with Crippen molar-refractivity contribution >= 4 is 17.0 Å². The number of nitrogens with one attached hydrogen (secondary N) is 1. The second-order valence-corrected chi connectivity index (χ2v) is 4.72. The van der Waals surface area contributed by atoms with Crippen LogP contribution in [-0.2, 0) is 6.42 Å². The molecule has 0 amide bonds. The number of hydrogen-bond acceptors (Lipinski definition) is 6. The molecule has 2 aromatic rings. The van der Waals surface area contributed by atoms with Crippen molar-refractivity contribution in [3.8, 4) is 10.6 Å². The van der Waals surface area contributed by atoms with Crippen LogP contribution < -0.4 is 5.32 Å². The second kappa shape index (κ2) is 5.65. The Kier molecular flexibility index (Phi) is 3.96. The molecule has 1 N–H and O–H groups in total. The van der Waals surface area contributed by atoms with Gasteiger partial charge < -0.3 is 5.32 Å². The van der Waals surface area contributed by atoms with Crippen molar-refractivity contribution in [2.24, 2.45) is 0 Å². The summed E-state index contributed by atoms with van der Waals surface area (Å²) in [4.78, 5) is 10.1. The predicted octanol–water partition coefficient (Wildman–Crippen LogP) is 1.88. The normalized spacial score (nSPS) is 10.5. The van der Waals surface area contributed by atoms with Crippen molar-refractivity contribution in [1.82, 2.24) is 15.5 Å². The third-order valence-corrected chi connectivity index (χ3v) is 3.41. The minimum Gasteiger partial charge on any atom is -0.319 e. The highest BCUT2D eigenvalue weighted by molar-refractivity contribution is 7.14. The summed E-state index contributed by atoms with van der Waals surface area (Å²) in [6.45, 7) is 0.856. The maximum atomic E-state index is 10.5. The highest BCUT2D eigenvalue weighted by atomic mass is 32.1. The van der Waals surface area contributed by atoms with Crippen LogP contribution in [0.15, 0.2) is 24.3 Å². The van der Waals surface area contributed by atoms with E-state index >= 15 is 0 Å². The molecule has 0 atom stereocenters. The largest absolute Gasteiger partial charge is 0.319 e. The van der Waals surface area contributed by atoms with Crippen LogP contribution in [-0.4, -0.2) is 28.7 Å². The molecule has 0 bridgehead atoms. The zero-order valence-corrected chi connectivity index (χ0v) is 10.6. The Morgan fingerprint density at radius 2 is 2.06 bits per heavy atom. The lowest BCUT2D eigenvalue weighted by molar-refractivity contribution is -0.384. The summed E-state index contributed by atoms with van der Waals surface area (Å²) in [5.41, 5.74) is 0.937.